The summed E-state index contributed by atoms with van der Waals surface area (Å²) in [7, 11) is 3.61. The number of para-hydroxylation sites is 1. The molecule has 8 nitrogen and oxygen atoms in total. The molecule has 9 heteroatoms. The topological polar surface area (TPSA) is 103 Å². The van der Waals surface area contributed by atoms with E-state index in [9.17, 15) is 14.4 Å². The number of hydrogen-bond acceptors (Lipinski definition) is 5. The van der Waals surface area contributed by atoms with Crippen molar-refractivity contribution in [1.29, 1.82) is 0 Å². The number of likely N-dealkylation sites (N-methyl/N-ethyl adjacent to an activating group) is 1. The van der Waals surface area contributed by atoms with Gasteiger partial charge in [-0.3, -0.25) is 14.4 Å². The molecule has 0 aliphatic rings. The summed E-state index contributed by atoms with van der Waals surface area (Å²) in [4.78, 5) is 43.0. The Bertz CT molecular complexity index is 1120. The predicted molar refractivity (Wildman–Crippen MR) is 125 cm³/mol. The Hall–Kier alpha value is -3.75. The molecular formula is C23H22ClN5O3. The third-order valence-electron chi connectivity index (χ3n) is 4.28. The van der Waals surface area contributed by atoms with Crippen LogP contribution in [0.4, 0.5) is 17.2 Å². The fourth-order valence-electron chi connectivity index (χ4n) is 2.81. The summed E-state index contributed by atoms with van der Waals surface area (Å²) in [6.07, 6.45) is 1.43. The minimum absolute atomic E-state index is 0.151. The quantitative estimate of drug-likeness (QED) is 0.507. The summed E-state index contributed by atoms with van der Waals surface area (Å²) in [6, 6.07) is 16.3. The summed E-state index contributed by atoms with van der Waals surface area (Å²) in [5.41, 5.74) is 1.60. The standard InChI is InChI=1S/C23H22ClN5O3/c1-29(2)14-21(30)26-17-10-7-15(8-11-17)22(31)27-19-6-4-3-5-18(19)23(32)28-20-12-9-16(24)13-25-20/h3-13H,14H2,1-2H3,(H,26,30)(H,27,31)(H,25,28,32). The van der Waals surface area contributed by atoms with Crippen molar-refractivity contribution in [3.8, 4) is 0 Å². The molecule has 3 rings (SSSR count). The van der Waals surface area contributed by atoms with Crippen molar-refractivity contribution in [2.45, 2.75) is 0 Å². The Morgan fingerprint density at radius 1 is 0.875 bits per heavy atom. The fourth-order valence-corrected chi connectivity index (χ4v) is 2.92. The van der Waals surface area contributed by atoms with Crippen molar-refractivity contribution >= 4 is 46.5 Å². The van der Waals surface area contributed by atoms with Gasteiger partial charge in [-0.1, -0.05) is 23.7 Å². The highest BCUT2D eigenvalue weighted by molar-refractivity contribution is 6.30. The zero-order valence-electron chi connectivity index (χ0n) is 17.6. The molecular weight excluding hydrogens is 430 g/mol. The second-order valence-corrected chi connectivity index (χ2v) is 7.62. The maximum Gasteiger partial charge on any atom is 0.258 e. The van der Waals surface area contributed by atoms with E-state index in [-0.39, 0.29) is 23.9 Å². The molecule has 1 aromatic heterocycles. The van der Waals surface area contributed by atoms with Gasteiger partial charge in [-0.2, -0.15) is 0 Å². The van der Waals surface area contributed by atoms with Gasteiger partial charge in [-0.25, -0.2) is 4.98 Å². The van der Waals surface area contributed by atoms with Crippen LogP contribution in [0.1, 0.15) is 20.7 Å². The first-order valence-electron chi connectivity index (χ1n) is 9.70. The summed E-state index contributed by atoms with van der Waals surface area (Å²) < 4.78 is 0. The average Bonchev–Trinajstić information content (AvgIpc) is 2.75. The van der Waals surface area contributed by atoms with Gasteiger partial charge >= 0.3 is 0 Å². The predicted octanol–water partition coefficient (Wildman–Crippen LogP) is 3.74. The minimum Gasteiger partial charge on any atom is -0.325 e. The number of carbonyl (C=O) groups is 3. The second kappa shape index (κ2) is 10.5. The van der Waals surface area contributed by atoms with Crippen molar-refractivity contribution < 1.29 is 14.4 Å². The number of carbonyl (C=O) groups excluding carboxylic acids is 3. The molecule has 0 bridgehead atoms. The first-order valence-corrected chi connectivity index (χ1v) is 10.1. The molecule has 0 atom stereocenters. The molecule has 0 aliphatic carbocycles. The molecule has 0 fully saturated rings. The van der Waals surface area contributed by atoms with Crippen molar-refractivity contribution in [2.75, 3.05) is 36.6 Å². The van der Waals surface area contributed by atoms with E-state index in [4.69, 9.17) is 11.6 Å². The van der Waals surface area contributed by atoms with E-state index in [1.54, 1.807) is 79.7 Å². The van der Waals surface area contributed by atoms with Gasteiger partial charge in [-0.05, 0) is 62.6 Å². The van der Waals surface area contributed by atoms with E-state index in [2.05, 4.69) is 20.9 Å². The molecule has 0 spiro atoms. The number of hydrogen-bond donors (Lipinski definition) is 3. The number of amides is 3. The Balaban J connectivity index is 1.68. The summed E-state index contributed by atoms with van der Waals surface area (Å²) in [5.74, 6) is -0.620. The highest BCUT2D eigenvalue weighted by Gasteiger charge is 2.15. The highest BCUT2D eigenvalue weighted by atomic mass is 35.5. The van der Waals surface area contributed by atoms with Gasteiger partial charge < -0.3 is 20.9 Å². The summed E-state index contributed by atoms with van der Waals surface area (Å²) in [5, 5.41) is 8.65. The maximum absolute atomic E-state index is 12.7. The number of halogens is 1. The lowest BCUT2D eigenvalue weighted by molar-refractivity contribution is -0.116. The third-order valence-corrected chi connectivity index (χ3v) is 4.50. The van der Waals surface area contributed by atoms with Gasteiger partial charge in [0.25, 0.3) is 11.8 Å². The molecule has 3 N–H and O–H groups in total. The number of rotatable bonds is 7. The molecule has 164 valence electrons. The largest absolute Gasteiger partial charge is 0.325 e. The van der Waals surface area contributed by atoms with E-state index >= 15 is 0 Å². The third kappa shape index (κ3) is 6.37. The first-order chi connectivity index (χ1) is 15.3. The molecule has 0 saturated carbocycles. The highest BCUT2D eigenvalue weighted by Crippen LogP contribution is 2.19. The van der Waals surface area contributed by atoms with E-state index < -0.39 is 5.91 Å². The van der Waals surface area contributed by atoms with Gasteiger partial charge in [0.1, 0.15) is 5.82 Å². The van der Waals surface area contributed by atoms with Gasteiger partial charge in [0.15, 0.2) is 0 Å². The number of nitrogens with zero attached hydrogens (tertiary/aromatic N) is 2. The molecule has 0 saturated heterocycles. The van der Waals surface area contributed by atoms with Crippen LogP contribution >= 0.6 is 11.6 Å². The molecule has 3 amide bonds. The molecule has 3 aromatic rings. The SMILES string of the molecule is CN(C)CC(=O)Nc1ccc(C(=O)Nc2ccccc2C(=O)Nc2ccc(Cl)cn2)cc1. The Kier molecular flexibility index (Phi) is 7.54. The van der Waals surface area contributed by atoms with Gasteiger partial charge in [0.2, 0.25) is 5.91 Å². The van der Waals surface area contributed by atoms with E-state index in [1.165, 1.54) is 6.20 Å². The van der Waals surface area contributed by atoms with Crippen LogP contribution in [0, 0.1) is 0 Å². The van der Waals surface area contributed by atoms with Crippen LogP contribution in [0.3, 0.4) is 0 Å². The number of anilines is 3. The van der Waals surface area contributed by atoms with Crippen LogP contribution < -0.4 is 16.0 Å². The molecule has 2 aromatic carbocycles. The lowest BCUT2D eigenvalue weighted by atomic mass is 10.1. The van der Waals surface area contributed by atoms with Crippen LogP contribution in [0.2, 0.25) is 5.02 Å². The Morgan fingerprint density at radius 3 is 2.25 bits per heavy atom. The summed E-state index contributed by atoms with van der Waals surface area (Å²) >= 11 is 5.82. The van der Waals surface area contributed by atoms with Crippen LogP contribution in [-0.2, 0) is 4.79 Å². The maximum atomic E-state index is 12.7. The zero-order chi connectivity index (χ0) is 23.1. The Labute approximate surface area is 190 Å². The first kappa shape index (κ1) is 22.9. The van der Waals surface area contributed by atoms with Crippen LogP contribution in [0.15, 0.2) is 66.9 Å². The second-order valence-electron chi connectivity index (χ2n) is 7.18. The van der Waals surface area contributed by atoms with Crippen molar-refractivity contribution in [3.63, 3.8) is 0 Å². The lowest BCUT2D eigenvalue weighted by Gasteiger charge is -2.12. The molecule has 0 radical (unpaired) electrons. The normalized spacial score (nSPS) is 10.5. The molecule has 0 unspecified atom stereocenters. The van der Waals surface area contributed by atoms with Crippen LogP contribution in [-0.4, -0.2) is 48.2 Å². The van der Waals surface area contributed by atoms with Gasteiger partial charge in [0, 0.05) is 17.4 Å². The monoisotopic (exact) mass is 451 g/mol. The smallest absolute Gasteiger partial charge is 0.258 e. The molecule has 1 heterocycles. The fraction of sp³-hybridized carbons (Fsp3) is 0.130. The van der Waals surface area contributed by atoms with E-state index in [1.807, 2.05) is 0 Å². The van der Waals surface area contributed by atoms with Crippen LogP contribution in [0.25, 0.3) is 0 Å². The number of nitrogens with one attached hydrogen (secondary N) is 3. The summed E-state index contributed by atoms with van der Waals surface area (Å²) in [6.45, 7) is 0.257. The van der Waals surface area contributed by atoms with Crippen LogP contribution in [0.5, 0.6) is 0 Å². The van der Waals surface area contributed by atoms with Crippen molar-refractivity contribution in [3.05, 3.63) is 83.0 Å². The molecule has 0 aliphatic heterocycles. The lowest BCUT2D eigenvalue weighted by Crippen LogP contribution is -2.27. The Morgan fingerprint density at radius 2 is 1.59 bits per heavy atom. The van der Waals surface area contributed by atoms with E-state index in [0.29, 0.717) is 27.8 Å². The number of aromatic nitrogens is 1. The van der Waals surface area contributed by atoms with Gasteiger partial charge in [0.05, 0.1) is 22.8 Å². The zero-order valence-corrected chi connectivity index (χ0v) is 18.3. The molecule has 32 heavy (non-hydrogen) atoms. The van der Waals surface area contributed by atoms with Crippen molar-refractivity contribution in [1.82, 2.24) is 9.88 Å². The van der Waals surface area contributed by atoms with Crippen molar-refractivity contribution in [2.24, 2.45) is 0 Å². The van der Waals surface area contributed by atoms with Gasteiger partial charge in [-0.15, -0.1) is 0 Å². The number of benzene rings is 2. The average molecular weight is 452 g/mol. The van der Waals surface area contributed by atoms with E-state index in [0.717, 1.165) is 0 Å². The number of pyridine rings is 1. The minimum atomic E-state index is -0.422.